The van der Waals surface area contributed by atoms with E-state index in [0.29, 0.717) is 27.6 Å². The van der Waals surface area contributed by atoms with Gasteiger partial charge in [0.25, 0.3) is 0 Å². The first-order valence-electron chi connectivity index (χ1n) is 5.93. The molecule has 7 heteroatoms. The van der Waals surface area contributed by atoms with Gasteiger partial charge in [-0.3, -0.25) is 14.7 Å². The van der Waals surface area contributed by atoms with Crippen LogP contribution in [-0.2, 0) is 10.0 Å². The molecule has 1 aromatic carbocycles. The van der Waals surface area contributed by atoms with E-state index in [1.807, 2.05) is 6.92 Å². The minimum absolute atomic E-state index is 0.119. The molecule has 0 aliphatic rings. The lowest BCUT2D eigenvalue weighted by atomic mass is 10.3. The van der Waals surface area contributed by atoms with Gasteiger partial charge < -0.3 is 0 Å². The Morgan fingerprint density at radius 2 is 2.00 bits per heavy atom. The van der Waals surface area contributed by atoms with Crippen LogP contribution >= 0.6 is 15.9 Å². The highest BCUT2D eigenvalue weighted by atomic mass is 79.9. The Kier molecular flexibility index (Phi) is 4.36. The molecule has 0 saturated carbocycles. The fourth-order valence-corrected chi connectivity index (χ4v) is 3.58. The summed E-state index contributed by atoms with van der Waals surface area (Å²) in [5, 5.41) is 0. The summed E-state index contributed by atoms with van der Waals surface area (Å²) in [7, 11) is -3.32. The molecule has 0 aliphatic heterocycles. The molecule has 0 unspecified atom stereocenters. The minimum Gasteiger partial charge on any atom is -0.282 e. The molecule has 0 spiro atoms. The fourth-order valence-electron chi connectivity index (χ4n) is 1.63. The topological polar surface area (TPSA) is 72.0 Å². The van der Waals surface area contributed by atoms with Gasteiger partial charge in [-0.1, -0.05) is 13.3 Å². The third kappa shape index (κ3) is 3.42. The number of aromatic nitrogens is 2. The molecule has 0 atom stereocenters. The van der Waals surface area contributed by atoms with E-state index in [9.17, 15) is 8.42 Å². The van der Waals surface area contributed by atoms with E-state index >= 15 is 0 Å². The molecule has 1 aromatic heterocycles. The van der Waals surface area contributed by atoms with Crippen molar-refractivity contribution in [3.05, 3.63) is 29.0 Å². The lowest BCUT2D eigenvalue weighted by molar-refractivity contribution is 0.598. The van der Waals surface area contributed by atoms with Crippen molar-refractivity contribution < 1.29 is 8.42 Å². The van der Waals surface area contributed by atoms with Gasteiger partial charge in [-0.05, 0) is 34.5 Å². The van der Waals surface area contributed by atoms with E-state index in [2.05, 4.69) is 30.6 Å². The number of hydrogen-bond acceptors (Lipinski definition) is 4. The Labute approximate surface area is 120 Å². The van der Waals surface area contributed by atoms with E-state index in [1.54, 1.807) is 24.5 Å². The van der Waals surface area contributed by atoms with Crippen molar-refractivity contribution in [3.8, 4) is 0 Å². The van der Waals surface area contributed by atoms with Crippen LogP contribution in [0.2, 0.25) is 0 Å². The molecular formula is C12H14BrN3O2S. The molecule has 1 N–H and O–H groups in total. The molecule has 19 heavy (non-hydrogen) atoms. The molecule has 5 nitrogen and oxygen atoms in total. The second-order valence-corrected chi connectivity index (χ2v) is 6.76. The van der Waals surface area contributed by atoms with E-state index in [4.69, 9.17) is 0 Å². The van der Waals surface area contributed by atoms with Crippen molar-refractivity contribution >= 4 is 42.7 Å². The number of unbranched alkanes of at least 4 members (excludes halogenated alkanes) is 1. The summed E-state index contributed by atoms with van der Waals surface area (Å²) in [6.45, 7) is 1.96. The first kappa shape index (κ1) is 14.2. The molecule has 0 aliphatic carbocycles. The van der Waals surface area contributed by atoms with Crippen molar-refractivity contribution in [2.45, 2.75) is 19.8 Å². The molecule has 1 heterocycles. The van der Waals surface area contributed by atoms with Crippen LogP contribution in [0.5, 0.6) is 0 Å². The maximum Gasteiger partial charge on any atom is 0.232 e. The highest BCUT2D eigenvalue weighted by Gasteiger charge is 2.13. The Balaban J connectivity index is 2.34. The average molecular weight is 344 g/mol. The van der Waals surface area contributed by atoms with Gasteiger partial charge in [0.2, 0.25) is 10.0 Å². The summed E-state index contributed by atoms with van der Waals surface area (Å²) in [4.78, 5) is 8.35. The first-order valence-corrected chi connectivity index (χ1v) is 8.38. The van der Waals surface area contributed by atoms with Gasteiger partial charge in [-0.25, -0.2) is 8.42 Å². The predicted octanol–water partition coefficient (Wildman–Crippen LogP) is 2.93. The SMILES string of the molecule is CCCCS(=O)(=O)Nc1ccc2nccnc2c1Br. The van der Waals surface area contributed by atoms with Crippen LogP contribution in [0, 0.1) is 0 Å². The molecule has 2 rings (SSSR count). The molecular weight excluding hydrogens is 330 g/mol. The molecule has 0 amide bonds. The van der Waals surface area contributed by atoms with Crippen molar-refractivity contribution in [1.29, 1.82) is 0 Å². The van der Waals surface area contributed by atoms with Crippen LogP contribution in [-0.4, -0.2) is 24.1 Å². The zero-order valence-corrected chi connectivity index (χ0v) is 12.8. The number of fused-ring (bicyclic) bond motifs is 1. The van der Waals surface area contributed by atoms with E-state index in [-0.39, 0.29) is 5.75 Å². The van der Waals surface area contributed by atoms with Crippen LogP contribution in [0.3, 0.4) is 0 Å². The Hall–Kier alpha value is -1.21. The van der Waals surface area contributed by atoms with Gasteiger partial charge in [-0.15, -0.1) is 0 Å². The third-order valence-corrected chi connectivity index (χ3v) is 4.77. The van der Waals surface area contributed by atoms with Crippen molar-refractivity contribution in [2.75, 3.05) is 10.5 Å². The molecule has 0 fully saturated rings. The first-order chi connectivity index (χ1) is 9.03. The number of halogens is 1. The largest absolute Gasteiger partial charge is 0.282 e. The summed E-state index contributed by atoms with van der Waals surface area (Å²) in [5.41, 5.74) is 1.84. The monoisotopic (exact) mass is 343 g/mol. The zero-order valence-electron chi connectivity index (χ0n) is 10.4. The van der Waals surface area contributed by atoms with Crippen molar-refractivity contribution in [1.82, 2.24) is 9.97 Å². The van der Waals surface area contributed by atoms with Crippen molar-refractivity contribution in [2.24, 2.45) is 0 Å². The maximum atomic E-state index is 11.9. The van der Waals surface area contributed by atoms with Gasteiger partial charge in [0.1, 0.15) is 5.52 Å². The molecule has 102 valence electrons. The highest BCUT2D eigenvalue weighted by molar-refractivity contribution is 9.10. The molecule has 0 saturated heterocycles. The Morgan fingerprint density at radius 3 is 2.74 bits per heavy atom. The Morgan fingerprint density at radius 1 is 1.26 bits per heavy atom. The van der Waals surface area contributed by atoms with Gasteiger partial charge >= 0.3 is 0 Å². The summed E-state index contributed by atoms with van der Waals surface area (Å²) in [6.07, 6.45) is 4.65. The number of sulfonamides is 1. The number of nitrogens with zero attached hydrogens (tertiary/aromatic N) is 2. The second-order valence-electron chi connectivity index (χ2n) is 4.13. The van der Waals surface area contributed by atoms with Crippen LogP contribution in [0.1, 0.15) is 19.8 Å². The fraction of sp³-hybridized carbons (Fsp3) is 0.333. The van der Waals surface area contributed by atoms with Crippen LogP contribution in [0.25, 0.3) is 11.0 Å². The lowest BCUT2D eigenvalue weighted by Gasteiger charge is -2.10. The minimum atomic E-state index is -3.32. The third-order valence-electron chi connectivity index (χ3n) is 2.61. The number of hydrogen-bond donors (Lipinski definition) is 1. The summed E-state index contributed by atoms with van der Waals surface area (Å²) in [6, 6.07) is 3.43. The van der Waals surface area contributed by atoms with E-state index in [0.717, 1.165) is 6.42 Å². The number of benzene rings is 1. The highest BCUT2D eigenvalue weighted by Crippen LogP contribution is 2.29. The van der Waals surface area contributed by atoms with Gasteiger partial charge in [-0.2, -0.15) is 0 Å². The number of rotatable bonds is 5. The summed E-state index contributed by atoms with van der Waals surface area (Å²) < 4.78 is 26.9. The quantitative estimate of drug-likeness (QED) is 0.905. The van der Waals surface area contributed by atoms with Crippen LogP contribution in [0.4, 0.5) is 5.69 Å². The smallest absolute Gasteiger partial charge is 0.232 e. The number of nitrogens with one attached hydrogen (secondary N) is 1. The molecule has 0 bridgehead atoms. The van der Waals surface area contributed by atoms with Crippen LogP contribution in [0.15, 0.2) is 29.0 Å². The summed E-state index contributed by atoms with van der Waals surface area (Å²) in [5.74, 6) is 0.119. The van der Waals surface area contributed by atoms with Gasteiger partial charge in [0.05, 0.1) is 21.4 Å². The van der Waals surface area contributed by atoms with Crippen LogP contribution < -0.4 is 4.72 Å². The standard InChI is InChI=1S/C12H14BrN3O2S/c1-2-3-8-19(17,18)16-9-4-5-10-12(11(9)13)15-7-6-14-10/h4-7,16H,2-3,8H2,1H3. The second kappa shape index (κ2) is 5.83. The van der Waals surface area contributed by atoms with E-state index in [1.165, 1.54) is 0 Å². The number of anilines is 1. The molecule has 0 radical (unpaired) electrons. The van der Waals surface area contributed by atoms with Gasteiger partial charge in [0, 0.05) is 12.4 Å². The van der Waals surface area contributed by atoms with Gasteiger partial charge in [0.15, 0.2) is 0 Å². The zero-order chi connectivity index (χ0) is 13.9. The lowest BCUT2D eigenvalue weighted by Crippen LogP contribution is -2.16. The molecule has 2 aromatic rings. The van der Waals surface area contributed by atoms with E-state index < -0.39 is 10.0 Å². The van der Waals surface area contributed by atoms with Crippen molar-refractivity contribution in [3.63, 3.8) is 0 Å². The Bertz CT molecular complexity index is 688. The normalized spacial score (nSPS) is 11.7. The summed E-state index contributed by atoms with van der Waals surface area (Å²) >= 11 is 3.37. The predicted molar refractivity (Wildman–Crippen MR) is 79.6 cm³/mol. The maximum absolute atomic E-state index is 11.9. The average Bonchev–Trinajstić information content (AvgIpc) is 2.40.